The van der Waals surface area contributed by atoms with Crippen LogP contribution < -0.4 is 4.74 Å². The Morgan fingerprint density at radius 2 is 1.65 bits per heavy atom. The van der Waals surface area contributed by atoms with Crippen LogP contribution in [0.15, 0.2) is 48.8 Å². The van der Waals surface area contributed by atoms with Crippen molar-refractivity contribution in [3.63, 3.8) is 0 Å². The zero-order valence-corrected chi connectivity index (χ0v) is 19.8. The van der Waals surface area contributed by atoms with Gasteiger partial charge in [-0.1, -0.05) is 0 Å². The Hall–Kier alpha value is -3.96. The fourth-order valence-corrected chi connectivity index (χ4v) is 3.89. The van der Waals surface area contributed by atoms with Crippen LogP contribution in [0.2, 0.25) is 0 Å². The molecule has 0 bridgehead atoms. The molecule has 0 aliphatic carbocycles. The van der Waals surface area contributed by atoms with E-state index in [1.54, 1.807) is 38.2 Å². The summed E-state index contributed by atoms with van der Waals surface area (Å²) in [6.45, 7) is 4.56. The molecule has 2 heterocycles. The second-order valence-electron chi connectivity index (χ2n) is 9.06. The molecule has 4 aromatic rings. The van der Waals surface area contributed by atoms with Gasteiger partial charge in [-0.15, -0.1) is 0 Å². The largest absolute Gasteiger partial charge is 0.489 e. The summed E-state index contributed by atoms with van der Waals surface area (Å²) in [6, 6.07) is 6.29. The summed E-state index contributed by atoms with van der Waals surface area (Å²) in [6.07, 6.45) is -7.04. The van der Waals surface area contributed by atoms with Crippen LogP contribution in [0, 0.1) is 6.92 Å². The van der Waals surface area contributed by atoms with Gasteiger partial charge in [0.05, 0.1) is 28.4 Å². The second-order valence-corrected chi connectivity index (χ2v) is 9.06. The first kappa shape index (κ1) is 26.1. The van der Waals surface area contributed by atoms with Gasteiger partial charge in [-0.05, 0) is 62.7 Å². The number of benzene rings is 2. The Morgan fingerprint density at radius 3 is 2.22 bits per heavy atom. The SMILES string of the molecule is Cc1c(COc2ccc3[nH]cc(C(C)(C)C(=O)O)c3c2)cnn1-c1cc(C(F)(F)F)cc(C(F)(F)F)c1. The number of rotatable bonds is 6. The maximum atomic E-state index is 13.2. The number of aromatic nitrogens is 3. The Bertz CT molecular complexity index is 1450. The van der Waals surface area contributed by atoms with Crippen molar-refractivity contribution in [1.82, 2.24) is 14.8 Å². The molecule has 0 unspecified atom stereocenters. The topological polar surface area (TPSA) is 80.1 Å². The Labute approximate surface area is 206 Å². The van der Waals surface area contributed by atoms with E-state index in [9.17, 15) is 36.2 Å². The molecule has 6 nitrogen and oxygen atoms in total. The number of halogens is 6. The van der Waals surface area contributed by atoms with E-state index in [1.807, 2.05) is 0 Å². The molecule has 37 heavy (non-hydrogen) atoms. The minimum Gasteiger partial charge on any atom is -0.489 e. The van der Waals surface area contributed by atoms with Gasteiger partial charge >= 0.3 is 18.3 Å². The molecule has 2 N–H and O–H groups in total. The zero-order chi connectivity index (χ0) is 27.3. The van der Waals surface area contributed by atoms with Crippen molar-refractivity contribution in [3.8, 4) is 11.4 Å². The van der Waals surface area contributed by atoms with E-state index in [-0.39, 0.29) is 18.4 Å². The molecule has 12 heteroatoms. The van der Waals surface area contributed by atoms with Crippen LogP contribution >= 0.6 is 0 Å². The highest BCUT2D eigenvalue weighted by Crippen LogP contribution is 2.37. The van der Waals surface area contributed by atoms with Gasteiger partial charge in [0.1, 0.15) is 12.4 Å². The molecule has 0 saturated carbocycles. The van der Waals surface area contributed by atoms with Gasteiger partial charge in [-0.3, -0.25) is 4.79 Å². The number of carboxylic acid groups (broad SMARTS) is 1. The Morgan fingerprint density at radius 1 is 1.03 bits per heavy atom. The van der Waals surface area contributed by atoms with E-state index in [0.717, 1.165) is 4.68 Å². The minimum atomic E-state index is -4.98. The average Bonchev–Trinajstić information content (AvgIpc) is 3.39. The normalized spacial score (nSPS) is 12.8. The van der Waals surface area contributed by atoms with Crippen molar-refractivity contribution >= 4 is 16.9 Å². The summed E-state index contributed by atoms with van der Waals surface area (Å²) in [5.41, 5.74) is -2.46. The van der Waals surface area contributed by atoms with Crippen molar-refractivity contribution in [1.29, 1.82) is 0 Å². The zero-order valence-electron chi connectivity index (χ0n) is 19.8. The van der Waals surface area contributed by atoms with E-state index >= 15 is 0 Å². The van der Waals surface area contributed by atoms with Crippen molar-refractivity contribution in [2.24, 2.45) is 0 Å². The number of fused-ring (bicyclic) bond motifs is 1. The highest BCUT2D eigenvalue weighted by atomic mass is 19.4. The first-order valence-electron chi connectivity index (χ1n) is 10.9. The van der Waals surface area contributed by atoms with Gasteiger partial charge in [0.2, 0.25) is 0 Å². The van der Waals surface area contributed by atoms with Crippen LogP contribution in [-0.4, -0.2) is 25.8 Å². The summed E-state index contributed by atoms with van der Waals surface area (Å²) in [5, 5.41) is 14.2. The third-order valence-electron chi connectivity index (χ3n) is 6.18. The Balaban J connectivity index is 1.63. The average molecular weight is 525 g/mol. The fourth-order valence-electron chi connectivity index (χ4n) is 3.89. The maximum Gasteiger partial charge on any atom is 0.416 e. The molecule has 0 spiro atoms. The van der Waals surface area contributed by atoms with Crippen molar-refractivity contribution in [3.05, 3.63) is 76.7 Å². The number of carboxylic acids is 1. The number of hydrogen-bond acceptors (Lipinski definition) is 3. The monoisotopic (exact) mass is 525 g/mol. The van der Waals surface area contributed by atoms with E-state index in [1.165, 1.54) is 13.1 Å². The maximum absolute atomic E-state index is 13.2. The molecule has 0 fully saturated rings. The lowest BCUT2D eigenvalue weighted by Gasteiger charge is -2.18. The quantitative estimate of drug-likeness (QED) is 0.277. The molecule has 0 atom stereocenters. The lowest BCUT2D eigenvalue weighted by atomic mass is 9.84. The van der Waals surface area contributed by atoms with Crippen molar-refractivity contribution in [2.75, 3.05) is 0 Å². The molecule has 2 aromatic heterocycles. The van der Waals surface area contributed by atoms with E-state index < -0.39 is 34.9 Å². The van der Waals surface area contributed by atoms with E-state index in [2.05, 4.69) is 10.1 Å². The first-order valence-corrected chi connectivity index (χ1v) is 10.9. The summed E-state index contributed by atoms with van der Waals surface area (Å²) in [7, 11) is 0. The van der Waals surface area contributed by atoms with Crippen LogP contribution in [0.25, 0.3) is 16.6 Å². The van der Waals surface area contributed by atoms with E-state index in [0.29, 0.717) is 45.6 Å². The van der Waals surface area contributed by atoms with Crippen LogP contribution in [0.1, 0.15) is 41.8 Å². The van der Waals surface area contributed by atoms with Gasteiger partial charge in [0, 0.05) is 28.4 Å². The third kappa shape index (κ3) is 5.00. The molecule has 4 rings (SSSR count). The molecule has 0 aliphatic rings. The van der Waals surface area contributed by atoms with Gasteiger partial charge < -0.3 is 14.8 Å². The lowest BCUT2D eigenvalue weighted by Crippen LogP contribution is -2.28. The number of H-pyrrole nitrogens is 1. The summed E-state index contributed by atoms with van der Waals surface area (Å²) in [4.78, 5) is 14.7. The first-order chi connectivity index (χ1) is 17.1. The molecule has 196 valence electrons. The van der Waals surface area contributed by atoms with Crippen LogP contribution in [0.4, 0.5) is 26.3 Å². The van der Waals surface area contributed by atoms with Gasteiger partial charge in [-0.25, -0.2) is 4.68 Å². The van der Waals surface area contributed by atoms with Crippen LogP contribution in [-0.2, 0) is 29.2 Å². The van der Waals surface area contributed by atoms with Crippen LogP contribution in [0.3, 0.4) is 0 Å². The molecule has 0 saturated heterocycles. The third-order valence-corrected chi connectivity index (χ3v) is 6.18. The van der Waals surface area contributed by atoms with Gasteiger partial charge in [0.15, 0.2) is 0 Å². The van der Waals surface area contributed by atoms with Crippen molar-refractivity contribution in [2.45, 2.75) is 45.1 Å². The van der Waals surface area contributed by atoms with Gasteiger partial charge in [0.25, 0.3) is 0 Å². The number of aromatic amines is 1. The number of carbonyl (C=O) groups is 1. The summed E-state index contributed by atoms with van der Waals surface area (Å²) >= 11 is 0. The standard InChI is InChI=1S/C25H21F6N3O3/c1-13-14(10-33-34(13)17-7-15(24(26,27)28)6-16(8-17)25(29,30)31)12-37-18-4-5-21-19(9-18)20(11-32-21)23(2,3)22(35)36/h4-11,32H,12H2,1-3H3,(H,35,36). The highest BCUT2D eigenvalue weighted by molar-refractivity contribution is 5.92. The van der Waals surface area contributed by atoms with Crippen molar-refractivity contribution < 1.29 is 41.0 Å². The lowest BCUT2D eigenvalue weighted by molar-refractivity contribution is -0.144. The minimum absolute atomic E-state index is 0.0589. The summed E-state index contributed by atoms with van der Waals surface area (Å²) < 4.78 is 86.3. The number of nitrogens with one attached hydrogen (secondary N) is 1. The number of alkyl halides is 6. The molecule has 0 amide bonds. The molecular formula is C25H21F6N3O3. The molecule has 0 radical (unpaired) electrons. The Kier molecular flexibility index (Phi) is 6.25. The predicted octanol–water partition coefficient (Wildman–Crippen LogP) is 6.64. The fraction of sp³-hybridized carbons (Fsp3) is 0.280. The van der Waals surface area contributed by atoms with Gasteiger partial charge in [-0.2, -0.15) is 31.4 Å². The number of ether oxygens (including phenoxy) is 1. The molecular weight excluding hydrogens is 504 g/mol. The van der Waals surface area contributed by atoms with E-state index in [4.69, 9.17) is 4.74 Å². The smallest absolute Gasteiger partial charge is 0.416 e. The van der Waals surface area contributed by atoms with Crippen LogP contribution in [0.5, 0.6) is 5.75 Å². The number of hydrogen-bond donors (Lipinski definition) is 2. The highest BCUT2D eigenvalue weighted by Gasteiger charge is 2.37. The second kappa shape index (κ2) is 8.86. The molecule has 0 aliphatic heterocycles. The number of nitrogens with zero attached hydrogens (tertiary/aromatic N) is 2. The molecule has 2 aromatic carbocycles. The summed E-state index contributed by atoms with van der Waals surface area (Å²) in [5.74, 6) is -0.619. The number of aliphatic carboxylic acids is 1. The predicted molar refractivity (Wildman–Crippen MR) is 122 cm³/mol.